The summed E-state index contributed by atoms with van der Waals surface area (Å²) in [5, 5.41) is 2.95. The van der Waals surface area contributed by atoms with E-state index in [1.54, 1.807) is 0 Å². The molecule has 3 N–H and O–H groups in total. The third kappa shape index (κ3) is 5.05. The van der Waals surface area contributed by atoms with Crippen molar-refractivity contribution in [2.75, 3.05) is 18.4 Å². The highest BCUT2D eigenvalue weighted by Gasteiger charge is 2.30. The van der Waals surface area contributed by atoms with Gasteiger partial charge in [-0.3, -0.25) is 0 Å². The molecule has 116 valence electrons. The Morgan fingerprint density at radius 1 is 1.29 bits per heavy atom. The summed E-state index contributed by atoms with van der Waals surface area (Å²) in [6.07, 6.45) is 2.10. The lowest BCUT2D eigenvalue weighted by molar-refractivity contribution is 0.143. The number of likely N-dealkylation sites (tertiary alicyclic amines) is 1. The Labute approximate surface area is 127 Å². The smallest absolute Gasteiger partial charge is 0.321 e. The number of nitrogens with zero attached hydrogens (tertiary/aromatic N) is 1. The summed E-state index contributed by atoms with van der Waals surface area (Å²) in [6, 6.07) is 9.59. The Morgan fingerprint density at radius 3 is 2.57 bits per heavy atom. The van der Waals surface area contributed by atoms with Crippen molar-refractivity contribution in [2.24, 2.45) is 17.1 Å². The van der Waals surface area contributed by atoms with Gasteiger partial charge in [0.1, 0.15) is 0 Å². The molecule has 1 aliphatic heterocycles. The lowest BCUT2D eigenvalue weighted by Gasteiger charge is -2.38. The predicted molar refractivity (Wildman–Crippen MR) is 87.2 cm³/mol. The van der Waals surface area contributed by atoms with Gasteiger partial charge in [-0.15, -0.1) is 0 Å². The Bertz CT molecular complexity index is 467. The number of piperidine rings is 1. The maximum atomic E-state index is 12.4. The zero-order chi connectivity index (χ0) is 15.5. The monoisotopic (exact) mass is 289 g/mol. The van der Waals surface area contributed by atoms with Gasteiger partial charge < -0.3 is 16.0 Å². The molecule has 1 aliphatic rings. The Balaban J connectivity index is 1.96. The number of carbonyl (C=O) groups excluding carboxylic acids is 1. The average molecular weight is 289 g/mol. The van der Waals surface area contributed by atoms with Gasteiger partial charge >= 0.3 is 6.03 Å². The van der Waals surface area contributed by atoms with Crippen molar-refractivity contribution in [3.63, 3.8) is 0 Å². The lowest BCUT2D eigenvalue weighted by atomic mass is 9.80. The topological polar surface area (TPSA) is 58.4 Å². The first-order valence-corrected chi connectivity index (χ1v) is 7.70. The van der Waals surface area contributed by atoms with Crippen LogP contribution in [0.1, 0.15) is 33.6 Å². The van der Waals surface area contributed by atoms with Crippen LogP contribution in [0, 0.1) is 11.3 Å². The molecule has 2 atom stereocenters. The van der Waals surface area contributed by atoms with E-state index < -0.39 is 0 Å². The summed E-state index contributed by atoms with van der Waals surface area (Å²) in [7, 11) is 0. The number of hydrogen-bond donors (Lipinski definition) is 2. The molecule has 4 heteroatoms. The van der Waals surface area contributed by atoms with E-state index >= 15 is 0 Å². The van der Waals surface area contributed by atoms with Gasteiger partial charge in [0.25, 0.3) is 0 Å². The molecule has 0 bridgehead atoms. The Hall–Kier alpha value is -1.55. The molecular weight excluding hydrogens is 262 g/mol. The minimum atomic E-state index is -0.0461. The van der Waals surface area contributed by atoms with Gasteiger partial charge in [-0.2, -0.15) is 0 Å². The van der Waals surface area contributed by atoms with Crippen LogP contribution in [-0.4, -0.2) is 30.1 Å². The number of nitrogens with one attached hydrogen (secondary N) is 1. The van der Waals surface area contributed by atoms with Crippen molar-refractivity contribution in [2.45, 2.75) is 39.7 Å². The molecule has 1 aromatic carbocycles. The average Bonchev–Trinajstić information content (AvgIpc) is 2.37. The zero-order valence-electron chi connectivity index (χ0n) is 13.3. The van der Waals surface area contributed by atoms with Gasteiger partial charge in [0, 0.05) is 24.8 Å². The second-order valence-electron chi connectivity index (χ2n) is 7.33. The van der Waals surface area contributed by atoms with Gasteiger partial charge in [-0.1, -0.05) is 39.0 Å². The van der Waals surface area contributed by atoms with Crippen LogP contribution in [0.15, 0.2) is 30.3 Å². The minimum absolute atomic E-state index is 0.0461. The first kappa shape index (κ1) is 15.8. The molecule has 1 saturated heterocycles. The molecule has 2 unspecified atom stereocenters. The molecule has 4 nitrogen and oxygen atoms in total. The lowest BCUT2D eigenvalue weighted by Crippen LogP contribution is -2.51. The van der Waals surface area contributed by atoms with E-state index in [1.807, 2.05) is 35.2 Å². The number of amides is 2. The van der Waals surface area contributed by atoms with E-state index in [-0.39, 0.29) is 17.5 Å². The van der Waals surface area contributed by atoms with E-state index in [9.17, 15) is 4.79 Å². The zero-order valence-corrected chi connectivity index (χ0v) is 13.3. The molecule has 1 fully saturated rings. The van der Waals surface area contributed by atoms with Crippen molar-refractivity contribution >= 4 is 11.7 Å². The third-order valence-electron chi connectivity index (χ3n) is 3.78. The highest BCUT2D eigenvalue weighted by molar-refractivity contribution is 5.89. The van der Waals surface area contributed by atoms with Crippen LogP contribution in [0.3, 0.4) is 0 Å². The van der Waals surface area contributed by atoms with Crippen molar-refractivity contribution in [1.29, 1.82) is 0 Å². The number of hydrogen-bond acceptors (Lipinski definition) is 2. The molecule has 1 aromatic rings. The SMILES string of the molecule is CC(C)(C)CC1CC(N)CN(C(=O)Nc2ccccc2)C1. The fourth-order valence-corrected chi connectivity index (χ4v) is 3.15. The number of para-hydroxylation sites is 1. The first-order chi connectivity index (χ1) is 9.83. The van der Waals surface area contributed by atoms with E-state index in [2.05, 4.69) is 26.1 Å². The number of rotatable bonds is 2. The fraction of sp³-hybridized carbons (Fsp3) is 0.588. The molecule has 21 heavy (non-hydrogen) atoms. The summed E-state index contributed by atoms with van der Waals surface area (Å²) in [6.45, 7) is 8.15. The van der Waals surface area contributed by atoms with E-state index in [4.69, 9.17) is 5.73 Å². The molecule has 0 aliphatic carbocycles. The maximum absolute atomic E-state index is 12.4. The van der Waals surface area contributed by atoms with Crippen LogP contribution in [0.5, 0.6) is 0 Å². The first-order valence-electron chi connectivity index (χ1n) is 7.70. The maximum Gasteiger partial charge on any atom is 0.321 e. The van der Waals surface area contributed by atoms with Gasteiger partial charge in [-0.05, 0) is 36.3 Å². The van der Waals surface area contributed by atoms with Gasteiger partial charge in [0.15, 0.2) is 0 Å². The van der Waals surface area contributed by atoms with Crippen molar-refractivity contribution < 1.29 is 4.79 Å². The largest absolute Gasteiger partial charge is 0.326 e. The van der Waals surface area contributed by atoms with E-state index in [0.717, 1.165) is 25.1 Å². The highest BCUT2D eigenvalue weighted by atomic mass is 16.2. The predicted octanol–water partition coefficient (Wildman–Crippen LogP) is 3.30. The van der Waals surface area contributed by atoms with Crippen LogP contribution in [0.2, 0.25) is 0 Å². The molecule has 0 spiro atoms. The van der Waals surface area contributed by atoms with Crippen LogP contribution in [0.4, 0.5) is 10.5 Å². The summed E-state index contributed by atoms with van der Waals surface area (Å²) < 4.78 is 0. The molecule has 0 saturated carbocycles. The summed E-state index contributed by atoms with van der Waals surface area (Å²) in [5.41, 5.74) is 7.24. The van der Waals surface area contributed by atoms with E-state index in [0.29, 0.717) is 12.5 Å². The third-order valence-corrected chi connectivity index (χ3v) is 3.78. The van der Waals surface area contributed by atoms with Gasteiger partial charge in [0.05, 0.1) is 0 Å². The fourth-order valence-electron chi connectivity index (χ4n) is 3.15. The molecular formula is C17H27N3O. The second-order valence-corrected chi connectivity index (χ2v) is 7.33. The number of benzene rings is 1. The van der Waals surface area contributed by atoms with E-state index in [1.165, 1.54) is 0 Å². The quantitative estimate of drug-likeness (QED) is 0.877. The van der Waals surface area contributed by atoms with Crippen LogP contribution in [-0.2, 0) is 0 Å². The number of urea groups is 1. The Morgan fingerprint density at radius 2 is 1.95 bits per heavy atom. The molecule has 2 rings (SSSR count). The second kappa shape index (κ2) is 6.48. The van der Waals surface area contributed by atoms with Crippen LogP contribution < -0.4 is 11.1 Å². The molecule has 2 amide bonds. The summed E-state index contributed by atoms with van der Waals surface area (Å²) in [4.78, 5) is 14.2. The molecule has 0 radical (unpaired) electrons. The Kier molecular flexibility index (Phi) is 4.88. The molecule has 1 heterocycles. The highest BCUT2D eigenvalue weighted by Crippen LogP contribution is 2.30. The van der Waals surface area contributed by atoms with Gasteiger partial charge in [0.2, 0.25) is 0 Å². The van der Waals surface area contributed by atoms with Crippen molar-refractivity contribution in [3.8, 4) is 0 Å². The standard InChI is InChI=1S/C17H27N3O/c1-17(2,3)10-13-9-14(18)12-20(11-13)16(21)19-15-7-5-4-6-8-15/h4-8,13-14H,9-12,18H2,1-3H3,(H,19,21). The summed E-state index contributed by atoms with van der Waals surface area (Å²) >= 11 is 0. The summed E-state index contributed by atoms with van der Waals surface area (Å²) in [5.74, 6) is 0.482. The minimum Gasteiger partial charge on any atom is -0.326 e. The number of carbonyl (C=O) groups is 1. The van der Waals surface area contributed by atoms with Crippen molar-refractivity contribution in [1.82, 2.24) is 4.90 Å². The molecule has 0 aromatic heterocycles. The van der Waals surface area contributed by atoms with Crippen LogP contribution >= 0.6 is 0 Å². The number of anilines is 1. The van der Waals surface area contributed by atoms with Crippen LogP contribution in [0.25, 0.3) is 0 Å². The van der Waals surface area contributed by atoms with Crippen molar-refractivity contribution in [3.05, 3.63) is 30.3 Å². The van der Waals surface area contributed by atoms with Gasteiger partial charge in [-0.25, -0.2) is 4.79 Å². The number of nitrogens with two attached hydrogens (primary N) is 1. The normalized spacial score (nSPS) is 23.0.